The number of nitriles is 1. The zero-order chi connectivity index (χ0) is 57.7. The number of aromatic nitrogens is 2. The highest BCUT2D eigenvalue weighted by Crippen LogP contribution is 2.42. The van der Waals surface area contributed by atoms with E-state index in [-0.39, 0.29) is 55.4 Å². The van der Waals surface area contributed by atoms with E-state index in [4.69, 9.17) is 17.0 Å². The number of rotatable bonds is 18. The first kappa shape index (κ1) is 58.2. The summed E-state index contributed by atoms with van der Waals surface area (Å²) in [5.74, 6) is -3.92. The number of hydrogen-bond donors (Lipinski definition) is 2. The van der Waals surface area contributed by atoms with Crippen LogP contribution in [0.5, 0.6) is 0 Å². The number of thiocarbonyl (C=S) groups is 1. The summed E-state index contributed by atoms with van der Waals surface area (Å²) >= 11 is 7.16. The van der Waals surface area contributed by atoms with Crippen LogP contribution in [0.15, 0.2) is 115 Å². The Hall–Kier alpha value is -7.93. The number of aryl methyl sites for hydroxylation is 1. The molecular weight excluding hydrogens is 1070 g/mol. The molecule has 6 aromatic rings. The number of ether oxygens (including phenoxy) is 1. The molecular formula is C59H59F4N9O6S2. The van der Waals surface area contributed by atoms with Crippen LogP contribution >= 0.6 is 23.6 Å². The first-order chi connectivity index (χ1) is 38.0. The highest BCUT2D eigenvalue weighted by molar-refractivity contribution is 7.81. The fraction of sp³-hybridized carbons (Fsp3) is 0.339. The number of carbonyl (C=O) groups is 5. The van der Waals surface area contributed by atoms with Crippen molar-refractivity contribution in [2.45, 2.75) is 104 Å². The molecule has 0 aliphatic carbocycles. The molecule has 0 spiro atoms. The van der Waals surface area contributed by atoms with E-state index in [0.29, 0.717) is 53.5 Å². The van der Waals surface area contributed by atoms with Gasteiger partial charge in [-0.1, -0.05) is 87.5 Å². The molecule has 0 saturated carbocycles. The van der Waals surface area contributed by atoms with Gasteiger partial charge < -0.3 is 30.1 Å². The van der Waals surface area contributed by atoms with E-state index in [2.05, 4.69) is 20.6 Å². The lowest BCUT2D eigenvalue weighted by Gasteiger charge is -2.35. The van der Waals surface area contributed by atoms with Gasteiger partial charge in [-0.05, 0) is 111 Å². The predicted octanol–water partition coefficient (Wildman–Crippen LogP) is 10.3. The number of thiazole rings is 1. The number of nitrogens with one attached hydrogen (secondary N) is 2. The zero-order valence-corrected chi connectivity index (χ0v) is 46.5. The lowest BCUT2D eigenvalue weighted by molar-refractivity contribution is -0.144. The minimum Gasteiger partial charge on any atom is -0.372 e. The Labute approximate surface area is 470 Å². The number of likely N-dealkylation sites (tertiary alicyclic amines) is 1. The van der Waals surface area contributed by atoms with Crippen molar-refractivity contribution in [3.8, 4) is 27.8 Å². The summed E-state index contributed by atoms with van der Waals surface area (Å²) in [6, 6.07) is 29.2. The van der Waals surface area contributed by atoms with E-state index < -0.39 is 63.7 Å². The molecule has 5 amide bonds. The summed E-state index contributed by atoms with van der Waals surface area (Å²) < 4.78 is 63.0. The van der Waals surface area contributed by atoms with Gasteiger partial charge in [0, 0.05) is 37.4 Å². The summed E-state index contributed by atoms with van der Waals surface area (Å²) in [5.41, 5.74) is 2.02. The van der Waals surface area contributed by atoms with Crippen molar-refractivity contribution in [1.82, 2.24) is 25.5 Å². The summed E-state index contributed by atoms with van der Waals surface area (Å²) in [4.78, 5) is 84.0. The van der Waals surface area contributed by atoms with Crippen LogP contribution in [0, 0.1) is 29.5 Å². The summed E-state index contributed by atoms with van der Waals surface area (Å²) in [6.45, 7) is 11.1. The van der Waals surface area contributed by atoms with Crippen molar-refractivity contribution in [3.05, 3.63) is 149 Å². The minimum absolute atomic E-state index is 0.0753. The summed E-state index contributed by atoms with van der Waals surface area (Å²) in [7, 11) is 0. The number of nitrogens with zero attached hydrogens (tertiary/aromatic N) is 7. The van der Waals surface area contributed by atoms with Crippen LogP contribution in [0.2, 0.25) is 0 Å². The maximum atomic E-state index is 15.6. The second-order valence-corrected chi connectivity index (χ2v) is 22.3. The first-order valence-corrected chi connectivity index (χ1v) is 27.1. The largest absolute Gasteiger partial charge is 0.420 e. The second-order valence-electron chi connectivity index (χ2n) is 21.1. The fourth-order valence-corrected chi connectivity index (χ4v) is 11.1. The van der Waals surface area contributed by atoms with E-state index in [1.165, 1.54) is 31.0 Å². The molecule has 21 heteroatoms. The maximum absolute atomic E-state index is 15.6. The van der Waals surface area contributed by atoms with E-state index in [1.54, 1.807) is 57.5 Å². The monoisotopic (exact) mass is 1130 g/mol. The smallest absolute Gasteiger partial charge is 0.372 e. The third kappa shape index (κ3) is 12.7. The second kappa shape index (κ2) is 24.2. The van der Waals surface area contributed by atoms with Gasteiger partial charge in [0.25, 0.3) is 5.91 Å². The minimum atomic E-state index is -5.22. The van der Waals surface area contributed by atoms with E-state index >= 15 is 4.39 Å². The molecule has 2 aromatic heterocycles. The molecule has 416 valence electrons. The van der Waals surface area contributed by atoms with Gasteiger partial charge in [0.2, 0.25) is 23.6 Å². The van der Waals surface area contributed by atoms with Crippen molar-refractivity contribution in [3.63, 3.8) is 0 Å². The molecule has 8 rings (SSSR count). The number of halogens is 4. The van der Waals surface area contributed by atoms with Crippen molar-refractivity contribution in [1.29, 1.82) is 5.26 Å². The quantitative estimate of drug-likeness (QED) is 0.0475. The molecule has 2 saturated heterocycles. The molecule has 2 atom stereocenters. The third-order valence-electron chi connectivity index (χ3n) is 14.0. The molecule has 4 heterocycles. The summed E-state index contributed by atoms with van der Waals surface area (Å²) in [6.07, 6.45) is -2.29. The number of pyridine rings is 1. The van der Waals surface area contributed by atoms with E-state index in [1.807, 2.05) is 87.8 Å². The van der Waals surface area contributed by atoms with Crippen LogP contribution in [-0.4, -0.2) is 86.9 Å². The van der Waals surface area contributed by atoms with Gasteiger partial charge in [0.15, 0.2) is 10.9 Å². The third-order valence-corrected chi connectivity index (χ3v) is 15.3. The van der Waals surface area contributed by atoms with Gasteiger partial charge in [-0.3, -0.25) is 33.9 Å². The molecule has 2 fully saturated rings. The maximum Gasteiger partial charge on any atom is 0.420 e. The normalized spacial score (nSPS) is 15.7. The van der Waals surface area contributed by atoms with Crippen LogP contribution in [0.1, 0.15) is 88.2 Å². The van der Waals surface area contributed by atoms with Crippen molar-refractivity contribution >= 4 is 75.3 Å². The van der Waals surface area contributed by atoms with Gasteiger partial charge in [-0.25, -0.2) is 9.37 Å². The predicted molar refractivity (Wildman–Crippen MR) is 300 cm³/mol. The topological polar surface area (TPSA) is 181 Å². The molecule has 2 aliphatic heterocycles. The number of amides is 5. The Morgan fingerprint density at radius 2 is 1.64 bits per heavy atom. The Balaban J connectivity index is 0.855. The van der Waals surface area contributed by atoms with Crippen LogP contribution < -0.4 is 25.3 Å². The molecule has 80 heavy (non-hydrogen) atoms. The van der Waals surface area contributed by atoms with Gasteiger partial charge in [-0.15, -0.1) is 11.3 Å². The molecule has 15 nitrogen and oxygen atoms in total. The number of hydrogen-bond acceptors (Lipinski definition) is 11. The first-order valence-electron chi connectivity index (χ1n) is 25.8. The number of carbonyl (C=O) groups excluding carboxylic acids is 5. The number of benzene rings is 4. The van der Waals surface area contributed by atoms with Crippen molar-refractivity contribution < 1.29 is 46.3 Å². The van der Waals surface area contributed by atoms with Crippen LogP contribution in [-0.2, 0) is 48.0 Å². The van der Waals surface area contributed by atoms with Crippen molar-refractivity contribution in [2.24, 2.45) is 5.41 Å². The van der Waals surface area contributed by atoms with Gasteiger partial charge in [-0.2, -0.15) is 18.4 Å². The highest BCUT2D eigenvalue weighted by Gasteiger charge is 2.52. The highest BCUT2D eigenvalue weighted by atomic mass is 32.1. The lowest BCUT2D eigenvalue weighted by atomic mass is 9.85. The van der Waals surface area contributed by atoms with E-state index in [0.717, 1.165) is 39.4 Å². The van der Waals surface area contributed by atoms with Crippen molar-refractivity contribution in [2.75, 3.05) is 34.5 Å². The Morgan fingerprint density at radius 1 is 0.938 bits per heavy atom. The number of alkyl halides is 3. The Bertz CT molecular complexity index is 3330. The van der Waals surface area contributed by atoms with Gasteiger partial charge >= 0.3 is 6.18 Å². The standard InChI is InChI=1S/C59H59F4N9O6S2/c1-36-51(80-35-67-36)40-18-16-37(17-19-40)31-66-53(75)46-14-10-28-69(46)54(76)52(57(2,3)4)68-47(73)34-78-29-11-15-48(74)70(33-38-12-8-7-9-13-38)42-23-20-39(21-24-42)44-26-25-43(32-65-44)72-56(79)71(55(77)58(72,5)6)45-27-22-41(30-64)49(50(45)60)59(61,62)63/h7-9,12-13,16-27,32,35,46,52H,10-11,14-15,28-29,31,33-34H2,1-6H3,(H,66,75)(H,68,73). The molecule has 2 N–H and O–H groups in total. The van der Waals surface area contributed by atoms with Gasteiger partial charge in [0.05, 0.1) is 57.5 Å². The van der Waals surface area contributed by atoms with Crippen LogP contribution in [0.3, 0.4) is 0 Å². The Kier molecular flexibility index (Phi) is 17.6. The summed E-state index contributed by atoms with van der Waals surface area (Å²) in [5, 5.41) is 14.8. The molecule has 0 bridgehead atoms. The number of anilines is 3. The average molecular weight is 1130 g/mol. The van der Waals surface area contributed by atoms with Crippen LogP contribution in [0.25, 0.3) is 21.7 Å². The Morgan fingerprint density at radius 3 is 2.26 bits per heavy atom. The molecule has 2 unspecified atom stereocenters. The van der Waals surface area contributed by atoms with Crippen LogP contribution in [0.4, 0.5) is 34.6 Å². The average Bonchev–Trinajstić information content (AvgIpc) is 4.27. The fourth-order valence-electron chi connectivity index (χ4n) is 9.75. The van der Waals surface area contributed by atoms with E-state index in [9.17, 15) is 42.4 Å². The SMILES string of the molecule is Cc1ncsc1-c1ccc(CNC(=O)C2CCCN2C(=O)C(NC(=O)COCCCC(=O)N(Cc2ccccc2)c2ccc(-c3ccc(N4C(=S)N(c5ccc(C#N)c(C(F)(F)F)c5F)C(=O)C4(C)C)cn3)cc2)C(C)(C)C)cc1. The molecule has 2 aliphatic rings. The molecule has 4 aromatic carbocycles. The molecule has 0 radical (unpaired) electrons. The lowest BCUT2D eigenvalue weighted by Crippen LogP contribution is -2.58. The van der Waals surface area contributed by atoms with Gasteiger partial charge in [0.1, 0.15) is 29.8 Å². The zero-order valence-electron chi connectivity index (χ0n) is 44.9.